The monoisotopic (exact) mass is 547 g/mol. The summed E-state index contributed by atoms with van der Waals surface area (Å²) in [5.41, 5.74) is 8.25. The molecule has 0 heterocycles. The van der Waals surface area contributed by atoms with Crippen molar-refractivity contribution in [3.8, 4) is 22.3 Å². The molecule has 0 saturated carbocycles. The maximum Gasteiger partial charge on any atom is 0.0467 e. The van der Waals surface area contributed by atoms with Crippen molar-refractivity contribution in [3.63, 3.8) is 0 Å². The Hall–Kier alpha value is -5.66. The Labute approximate surface area is 251 Å². The molecule has 0 amide bonds. The maximum atomic E-state index is 2.36. The summed E-state index contributed by atoms with van der Waals surface area (Å²) >= 11 is 0. The van der Waals surface area contributed by atoms with Crippen LogP contribution in [0.1, 0.15) is 0 Å². The molecule has 8 rings (SSSR count). The standard InChI is InChI=1S/C42H29N/c1-2-18-34(19-3-1)43(35-20-10-16-31(27-35)38-26-12-15-30-13-4-6-22-37(30)38)36-21-11-17-32(28-36)42-29-33-14-5-7-23-39(33)40-24-8-9-25-41(40)42/h1-29H. The second-order valence-electron chi connectivity index (χ2n) is 11.0. The number of nitrogens with zero attached hydrogens (tertiary/aromatic N) is 1. The van der Waals surface area contributed by atoms with Gasteiger partial charge in [0.2, 0.25) is 0 Å². The van der Waals surface area contributed by atoms with Gasteiger partial charge < -0.3 is 4.90 Å². The highest BCUT2D eigenvalue weighted by Gasteiger charge is 2.16. The van der Waals surface area contributed by atoms with E-state index in [2.05, 4.69) is 181 Å². The Kier molecular flexibility index (Phi) is 6.20. The largest absolute Gasteiger partial charge is 0.310 e. The molecule has 1 nitrogen and oxygen atoms in total. The highest BCUT2D eigenvalue weighted by molar-refractivity contribution is 6.14. The molecule has 0 aliphatic rings. The Morgan fingerprint density at radius 3 is 1.53 bits per heavy atom. The number of benzene rings is 8. The Morgan fingerprint density at radius 1 is 0.279 bits per heavy atom. The van der Waals surface area contributed by atoms with Gasteiger partial charge in [0, 0.05) is 17.1 Å². The van der Waals surface area contributed by atoms with Crippen molar-refractivity contribution in [2.75, 3.05) is 4.90 Å². The summed E-state index contributed by atoms with van der Waals surface area (Å²) in [6.07, 6.45) is 0. The molecule has 0 N–H and O–H groups in total. The predicted octanol–water partition coefficient (Wildman–Crippen LogP) is 11.9. The van der Waals surface area contributed by atoms with Gasteiger partial charge in [0.05, 0.1) is 0 Å². The summed E-state index contributed by atoms with van der Waals surface area (Å²) in [6, 6.07) is 63.5. The second kappa shape index (κ2) is 10.6. The lowest BCUT2D eigenvalue weighted by Crippen LogP contribution is -2.10. The van der Waals surface area contributed by atoms with Gasteiger partial charge >= 0.3 is 0 Å². The minimum Gasteiger partial charge on any atom is -0.310 e. The number of fused-ring (bicyclic) bond motifs is 4. The first-order valence-electron chi connectivity index (χ1n) is 14.8. The topological polar surface area (TPSA) is 3.24 Å². The SMILES string of the molecule is c1ccc(N(c2cccc(-c3cccc4ccccc34)c2)c2cccc(-c3cc4ccccc4c4ccccc34)c2)cc1. The van der Waals surface area contributed by atoms with E-state index in [1.807, 2.05) is 0 Å². The lowest BCUT2D eigenvalue weighted by Gasteiger charge is -2.26. The third kappa shape index (κ3) is 4.52. The molecule has 0 saturated heterocycles. The van der Waals surface area contributed by atoms with Crippen molar-refractivity contribution in [2.45, 2.75) is 0 Å². The molecule has 202 valence electrons. The Balaban J connectivity index is 1.30. The maximum absolute atomic E-state index is 2.36. The van der Waals surface area contributed by atoms with Gasteiger partial charge in [-0.1, -0.05) is 133 Å². The van der Waals surface area contributed by atoms with Gasteiger partial charge in [0.25, 0.3) is 0 Å². The van der Waals surface area contributed by atoms with E-state index >= 15 is 0 Å². The van der Waals surface area contributed by atoms with Crippen molar-refractivity contribution >= 4 is 49.4 Å². The fraction of sp³-hybridized carbons (Fsp3) is 0. The average Bonchev–Trinajstić information content (AvgIpc) is 3.08. The Bertz CT molecular complexity index is 2240. The van der Waals surface area contributed by atoms with Gasteiger partial charge in [-0.05, 0) is 97.0 Å². The first-order chi connectivity index (χ1) is 21.3. The van der Waals surface area contributed by atoms with Crippen LogP contribution in [0.3, 0.4) is 0 Å². The first-order valence-corrected chi connectivity index (χ1v) is 14.8. The summed E-state index contributed by atoms with van der Waals surface area (Å²) in [7, 11) is 0. The fourth-order valence-electron chi connectivity index (χ4n) is 6.42. The third-order valence-corrected chi connectivity index (χ3v) is 8.40. The Morgan fingerprint density at radius 2 is 0.791 bits per heavy atom. The van der Waals surface area contributed by atoms with Gasteiger partial charge in [-0.25, -0.2) is 0 Å². The number of hydrogen-bond donors (Lipinski definition) is 0. The van der Waals surface area contributed by atoms with Crippen LogP contribution in [0.2, 0.25) is 0 Å². The van der Waals surface area contributed by atoms with Crippen molar-refractivity contribution in [1.29, 1.82) is 0 Å². The van der Waals surface area contributed by atoms with Crippen molar-refractivity contribution in [2.24, 2.45) is 0 Å². The van der Waals surface area contributed by atoms with Gasteiger partial charge in [-0.3, -0.25) is 0 Å². The van der Waals surface area contributed by atoms with Crippen LogP contribution in [0.5, 0.6) is 0 Å². The smallest absolute Gasteiger partial charge is 0.0467 e. The zero-order chi connectivity index (χ0) is 28.6. The zero-order valence-electron chi connectivity index (χ0n) is 23.7. The van der Waals surface area contributed by atoms with Gasteiger partial charge in [-0.15, -0.1) is 0 Å². The minimum atomic E-state index is 1.12. The molecule has 0 bridgehead atoms. The molecule has 0 aliphatic carbocycles. The lowest BCUT2D eigenvalue weighted by molar-refractivity contribution is 1.28. The molecule has 0 radical (unpaired) electrons. The molecular formula is C42H29N. The lowest BCUT2D eigenvalue weighted by atomic mass is 9.93. The molecule has 43 heavy (non-hydrogen) atoms. The third-order valence-electron chi connectivity index (χ3n) is 8.40. The molecule has 0 aromatic heterocycles. The summed E-state index contributed by atoms with van der Waals surface area (Å²) in [5.74, 6) is 0. The molecule has 0 aliphatic heterocycles. The summed E-state index contributed by atoms with van der Waals surface area (Å²) in [6.45, 7) is 0. The van der Waals surface area contributed by atoms with E-state index in [1.54, 1.807) is 0 Å². The molecule has 1 heteroatoms. The van der Waals surface area contributed by atoms with E-state index in [-0.39, 0.29) is 0 Å². The number of hydrogen-bond acceptors (Lipinski definition) is 1. The van der Waals surface area contributed by atoms with Crippen molar-refractivity contribution in [3.05, 3.63) is 176 Å². The number of anilines is 3. The van der Waals surface area contributed by atoms with Crippen LogP contribution in [-0.2, 0) is 0 Å². The molecule has 0 fully saturated rings. The van der Waals surface area contributed by atoms with Gasteiger partial charge in [0.1, 0.15) is 0 Å². The molecular weight excluding hydrogens is 518 g/mol. The van der Waals surface area contributed by atoms with Crippen LogP contribution in [0, 0.1) is 0 Å². The second-order valence-corrected chi connectivity index (χ2v) is 11.0. The van der Waals surface area contributed by atoms with Crippen LogP contribution in [0.15, 0.2) is 176 Å². The van der Waals surface area contributed by atoms with Crippen LogP contribution >= 0.6 is 0 Å². The zero-order valence-corrected chi connectivity index (χ0v) is 23.7. The molecule has 8 aromatic carbocycles. The average molecular weight is 548 g/mol. The van der Waals surface area contributed by atoms with E-state index in [0.717, 1.165) is 17.1 Å². The van der Waals surface area contributed by atoms with Gasteiger partial charge in [-0.2, -0.15) is 0 Å². The highest BCUT2D eigenvalue weighted by Crippen LogP contribution is 2.41. The van der Waals surface area contributed by atoms with Gasteiger partial charge in [0.15, 0.2) is 0 Å². The van der Waals surface area contributed by atoms with E-state index in [0.29, 0.717) is 0 Å². The quantitative estimate of drug-likeness (QED) is 0.194. The van der Waals surface area contributed by atoms with Crippen LogP contribution in [0.4, 0.5) is 17.1 Å². The fourth-order valence-corrected chi connectivity index (χ4v) is 6.42. The van der Waals surface area contributed by atoms with E-state index < -0.39 is 0 Å². The predicted molar refractivity (Wildman–Crippen MR) is 185 cm³/mol. The summed E-state index contributed by atoms with van der Waals surface area (Å²) < 4.78 is 0. The van der Waals surface area contributed by atoms with E-state index in [1.165, 1.54) is 54.6 Å². The van der Waals surface area contributed by atoms with E-state index in [4.69, 9.17) is 0 Å². The molecule has 8 aromatic rings. The summed E-state index contributed by atoms with van der Waals surface area (Å²) in [4.78, 5) is 2.36. The first kappa shape index (κ1) is 25.1. The van der Waals surface area contributed by atoms with Crippen molar-refractivity contribution < 1.29 is 0 Å². The summed E-state index contributed by atoms with van der Waals surface area (Å²) in [5, 5.41) is 7.60. The van der Waals surface area contributed by atoms with E-state index in [9.17, 15) is 0 Å². The normalized spacial score (nSPS) is 11.3. The molecule has 0 atom stereocenters. The minimum absolute atomic E-state index is 1.12. The number of rotatable bonds is 5. The highest BCUT2D eigenvalue weighted by atomic mass is 15.1. The van der Waals surface area contributed by atoms with Crippen LogP contribution in [0.25, 0.3) is 54.6 Å². The van der Waals surface area contributed by atoms with Crippen molar-refractivity contribution in [1.82, 2.24) is 0 Å². The van der Waals surface area contributed by atoms with Crippen LogP contribution < -0.4 is 4.90 Å². The molecule has 0 unspecified atom stereocenters. The van der Waals surface area contributed by atoms with Crippen LogP contribution in [-0.4, -0.2) is 0 Å². The molecule has 0 spiro atoms. The number of para-hydroxylation sites is 1.